The summed E-state index contributed by atoms with van der Waals surface area (Å²) in [5.41, 5.74) is 3.38. The molecule has 122 valence electrons. The highest BCUT2D eigenvalue weighted by Gasteiger charge is 2.14. The average Bonchev–Trinajstić information content (AvgIpc) is 2.66. The van der Waals surface area contributed by atoms with Gasteiger partial charge in [-0.3, -0.25) is 0 Å². The Balaban J connectivity index is 1.69. The first-order valence-corrected chi connectivity index (χ1v) is 8.10. The molecule has 0 fully saturated rings. The van der Waals surface area contributed by atoms with E-state index in [0.717, 1.165) is 16.7 Å². The topological polar surface area (TPSA) is 50.4 Å². The van der Waals surface area contributed by atoms with Gasteiger partial charge in [0, 0.05) is 6.42 Å². The molecule has 1 heterocycles. The third-order valence-electron chi connectivity index (χ3n) is 4.32. The maximum atomic E-state index is 12.2. The van der Waals surface area contributed by atoms with Gasteiger partial charge in [-0.25, -0.2) is 4.79 Å². The predicted molar refractivity (Wildman–Crippen MR) is 98.8 cm³/mol. The molecule has 0 spiro atoms. The van der Waals surface area contributed by atoms with Gasteiger partial charge in [0.15, 0.2) is 0 Å². The van der Waals surface area contributed by atoms with Crippen LogP contribution in [0.15, 0.2) is 88.1 Å². The van der Waals surface area contributed by atoms with Gasteiger partial charge in [-0.15, -0.1) is 0 Å². The van der Waals surface area contributed by atoms with Crippen LogP contribution in [0, 0.1) is 0 Å². The number of hydrogen-bond acceptors (Lipinski definition) is 3. The van der Waals surface area contributed by atoms with Crippen LogP contribution in [0.2, 0.25) is 0 Å². The number of para-hydroxylation sites is 1. The van der Waals surface area contributed by atoms with Gasteiger partial charge in [0.2, 0.25) is 0 Å². The van der Waals surface area contributed by atoms with Crippen molar-refractivity contribution < 1.29 is 9.52 Å². The average molecular weight is 328 g/mol. The largest absolute Gasteiger partial charge is 0.507 e. The summed E-state index contributed by atoms with van der Waals surface area (Å²) in [5.74, 6) is -0.000939. The summed E-state index contributed by atoms with van der Waals surface area (Å²) in [4.78, 5) is 12.2. The molecule has 0 unspecified atom stereocenters. The molecule has 3 nitrogen and oxygen atoms in total. The number of rotatable bonds is 3. The molecule has 4 aromatic rings. The zero-order chi connectivity index (χ0) is 17.2. The zero-order valence-electron chi connectivity index (χ0n) is 13.5. The fourth-order valence-electron chi connectivity index (χ4n) is 2.98. The number of fused-ring (bicyclic) bond motifs is 1. The molecule has 0 saturated heterocycles. The van der Waals surface area contributed by atoms with Crippen molar-refractivity contribution in [3.8, 4) is 16.9 Å². The quantitative estimate of drug-likeness (QED) is 0.552. The highest BCUT2D eigenvalue weighted by Crippen LogP contribution is 2.28. The van der Waals surface area contributed by atoms with Crippen molar-refractivity contribution >= 4 is 11.0 Å². The fourth-order valence-corrected chi connectivity index (χ4v) is 2.98. The molecule has 3 aromatic carbocycles. The van der Waals surface area contributed by atoms with Gasteiger partial charge in [0.25, 0.3) is 0 Å². The molecule has 1 aromatic heterocycles. The van der Waals surface area contributed by atoms with Gasteiger partial charge in [0.1, 0.15) is 11.3 Å². The molecule has 0 aliphatic heterocycles. The number of aromatic hydroxyl groups is 1. The van der Waals surface area contributed by atoms with Crippen molar-refractivity contribution in [2.75, 3.05) is 0 Å². The molecule has 0 radical (unpaired) electrons. The fraction of sp³-hybridized carbons (Fsp3) is 0.0455. The molecule has 3 heteroatoms. The molecule has 0 saturated carbocycles. The van der Waals surface area contributed by atoms with E-state index in [-0.39, 0.29) is 11.3 Å². The molecule has 4 rings (SSSR count). The lowest BCUT2D eigenvalue weighted by molar-refractivity contribution is 0.459. The lowest BCUT2D eigenvalue weighted by Crippen LogP contribution is -2.08. The van der Waals surface area contributed by atoms with Crippen LogP contribution in [0.3, 0.4) is 0 Å². The molecule has 0 aliphatic rings. The minimum atomic E-state index is -0.497. The Morgan fingerprint density at radius 2 is 1.40 bits per heavy atom. The molecule has 0 aliphatic carbocycles. The Morgan fingerprint density at radius 1 is 0.760 bits per heavy atom. The van der Waals surface area contributed by atoms with E-state index in [4.69, 9.17) is 4.42 Å². The highest BCUT2D eigenvalue weighted by molar-refractivity contribution is 5.84. The van der Waals surface area contributed by atoms with E-state index in [9.17, 15) is 9.90 Å². The normalized spacial score (nSPS) is 10.9. The first-order valence-electron chi connectivity index (χ1n) is 8.10. The van der Waals surface area contributed by atoms with Crippen molar-refractivity contribution in [2.45, 2.75) is 6.42 Å². The summed E-state index contributed by atoms with van der Waals surface area (Å²) in [7, 11) is 0. The monoisotopic (exact) mass is 328 g/mol. The molecule has 0 amide bonds. The Kier molecular flexibility index (Phi) is 3.82. The summed E-state index contributed by atoms with van der Waals surface area (Å²) >= 11 is 0. The first kappa shape index (κ1) is 15.2. The summed E-state index contributed by atoms with van der Waals surface area (Å²) in [6, 6.07) is 25.1. The second-order valence-electron chi connectivity index (χ2n) is 5.95. The van der Waals surface area contributed by atoms with E-state index in [0.29, 0.717) is 17.4 Å². The van der Waals surface area contributed by atoms with Crippen LogP contribution in [0.1, 0.15) is 11.1 Å². The van der Waals surface area contributed by atoms with E-state index in [1.54, 1.807) is 24.3 Å². The van der Waals surface area contributed by atoms with Crippen molar-refractivity contribution in [3.05, 3.63) is 100 Å². The third-order valence-corrected chi connectivity index (χ3v) is 4.32. The summed E-state index contributed by atoms with van der Waals surface area (Å²) < 4.78 is 5.32. The molecule has 1 N–H and O–H groups in total. The minimum Gasteiger partial charge on any atom is -0.507 e. The van der Waals surface area contributed by atoms with Gasteiger partial charge >= 0.3 is 5.63 Å². The van der Waals surface area contributed by atoms with Crippen LogP contribution < -0.4 is 5.63 Å². The second-order valence-corrected chi connectivity index (χ2v) is 5.95. The van der Waals surface area contributed by atoms with Crippen molar-refractivity contribution in [2.24, 2.45) is 0 Å². The van der Waals surface area contributed by atoms with Gasteiger partial charge in [0.05, 0.1) is 10.9 Å². The molecular formula is C22H16O3. The number of hydrogen-bond donors (Lipinski definition) is 1. The van der Waals surface area contributed by atoms with Gasteiger partial charge in [-0.05, 0) is 28.8 Å². The van der Waals surface area contributed by atoms with Gasteiger partial charge < -0.3 is 9.52 Å². The Labute approximate surface area is 144 Å². The lowest BCUT2D eigenvalue weighted by Gasteiger charge is -2.07. The van der Waals surface area contributed by atoms with Crippen molar-refractivity contribution in [3.63, 3.8) is 0 Å². The summed E-state index contributed by atoms with van der Waals surface area (Å²) in [5, 5.41) is 11.0. The van der Waals surface area contributed by atoms with Crippen molar-refractivity contribution in [1.29, 1.82) is 0 Å². The predicted octanol–water partition coefficient (Wildman–Crippen LogP) is 4.76. The first-order chi connectivity index (χ1) is 12.2. The Hall–Kier alpha value is -3.33. The minimum absolute atomic E-state index is 0.000939. The Morgan fingerprint density at radius 3 is 2.16 bits per heavy atom. The SMILES string of the molecule is O=c1oc2ccccc2c(O)c1Cc1ccc(-c2ccccc2)cc1. The van der Waals surface area contributed by atoms with Crippen molar-refractivity contribution in [1.82, 2.24) is 0 Å². The summed E-state index contributed by atoms with van der Waals surface area (Å²) in [6.07, 6.45) is 0.327. The van der Waals surface area contributed by atoms with Gasteiger partial charge in [-0.1, -0.05) is 66.7 Å². The van der Waals surface area contributed by atoms with E-state index in [1.165, 1.54) is 0 Å². The zero-order valence-corrected chi connectivity index (χ0v) is 13.5. The van der Waals surface area contributed by atoms with Crippen LogP contribution in [-0.2, 0) is 6.42 Å². The molecule has 0 atom stereocenters. The van der Waals surface area contributed by atoms with Crippen LogP contribution in [-0.4, -0.2) is 5.11 Å². The van der Waals surface area contributed by atoms with E-state index in [1.807, 2.05) is 42.5 Å². The molecule has 25 heavy (non-hydrogen) atoms. The molecule has 0 bridgehead atoms. The summed E-state index contributed by atoms with van der Waals surface area (Å²) in [6.45, 7) is 0. The third kappa shape index (κ3) is 2.92. The van der Waals surface area contributed by atoms with Crippen LogP contribution in [0.4, 0.5) is 0 Å². The van der Waals surface area contributed by atoms with Crippen LogP contribution in [0.25, 0.3) is 22.1 Å². The van der Waals surface area contributed by atoms with E-state index < -0.39 is 5.63 Å². The standard InChI is InChI=1S/C22H16O3/c23-21-18-8-4-5-9-20(18)25-22(24)19(21)14-15-10-12-17(13-11-15)16-6-2-1-3-7-16/h1-13,23H,14H2. The maximum absolute atomic E-state index is 12.2. The molecular weight excluding hydrogens is 312 g/mol. The maximum Gasteiger partial charge on any atom is 0.343 e. The van der Waals surface area contributed by atoms with Crippen LogP contribution >= 0.6 is 0 Å². The van der Waals surface area contributed by atoms with Crippen LogP contribution in [0.5, 0.6) is 5.75 Å². The smallest absolute Gasteiger partial charge is 0.343 e. The second kappa shape index (κ2) is 6.29. The van der Waals surface area contributed by atoms with Gasteiger partial charge in [-0.2, -0.15) is 0 Å². The highest BCUT2D eigenvalue weighted by atomic mass is 16.4. The number of benzene rings is 3. The van der Waals surface area contributed by atoms with E-state index in [2.05, 4.69) is 12.1 Å². The van der Waals surface area contributed by atoms with E-state index >= 15 is 0 Å². The lowest BCUT2D eigenvalue weighted by atomic mass is 10.00. The Bertz CT molecular complexity index is 1080.